The maximum atomic E-state index is 11.0. The van der Waals surface area contributed by atoms with Crippen LogP contribution in [0.5, 0.6) is 0 Å². The fourth-order valence-electron chi connectivity index (χ4n) is 4.59. The van der Waals surface area contributed by atoms with Crippen LogP contribution in [0, 0.1) is 0 Å². The van der Waals surface area contributed by atoms with Crippen LogP contribution >= 0.6 is 0 Å². The van der Waals surface area contributed by atoms with E-state index in [1.54, 1.807) is 0 Å². The molecule has 0 aliphatic carbocycles. The first-order valence-electron chi connectivity index (χ1n) is 10.5. The highest BCUT2D eigenvalue weighted by atomic mass is 16.8. The Balaban J connectivity index is 2.13. The second kappa shape index (κ2) is 10.4. The van der Waals surface area contributed by atoms with E-state index in [0.29, 0.717) is 0 Å². The molecule has 0 spiro atoms. The van der Waals surface area contributed by atoms with Gasteiger partial charge in [0.15, 0.2) is 11.9 Å². The molecular formula is C18H32O16. The molecule has 0 saturated carbocycles. The van der Waals surface area contributed by atoms with E-state index in [-0.39, 0.29) is 0 Å². The molecule has 3 saturated heterocycles. The van der Waals surface area contributed by atoms with Gasteiger partial charge in [-0.25, -0.2) is 0 Å². The van der Waals surface area contributed by atoms with Crippen LogP contribution in [-0.4, -0.2) is 173 Å². The largest absolute Gasteiger partial charge is 0.394 e. The summed E-state index contributed by atoms with van der Waals surface area (Å²) in [6, 6.07) is 0. The van der Waals surface area contributed by atoms with E-state index in [0.717, 1.165) is 0 Å². The average molecular weight is 504 g/mol. The van der Waals surface area contributed by atoms with E-state index in [4.69, 9.17) is 18.9 Å². The molecule has 0 amide bonds. The molecule has 0 bridgehead atoms. The SMILES string of the molecule is OC[C@H]1O[C@](CO)([C@]2(O[C@H]3O[C@H](CO)[C@@H](O)[C@H](O)[C@H]3O)O[C@H](CO)[C@@H](O)[C@H](O)[C@H]2O)[C@@H](O)[C@@H]1O. The molecular weight excluding hydrogens is 472 g/mol. The molecule has 16 nitrogen and oxygen atoms in total. The average Bonchev–Trinajstić information content (AvgIpc) is 3.10. The van der Waals surface area contributed by atoms with Crippen LogP contribution in [0.2, 0.25) is 0 Å². The van der Waals surface area contributed by atoms with Crippen LogP contribution in [0.15, 0.2) is 0 Å². The molecule has 14 atom stereocenters. The molecule has 3 rings (SSSR count). The number of aliphatic hydroxyl groups is 12. The Morgan fingerprint density at radius 3 is 1.59 bits per heavy atom. The number of hydrogen-bond donors (Lipinski definition) is 12. The van der Waals surface area contributed by atoms with Crippen LogP contribution in [0.4, 0.5) is 0 Å². The van der Waals surface area contributed by atoms with Crippen molar-refractivity contribution in [3.05, 3.63) is 0 Å². The van der Waals surface area contributed by atoms with Gasteiger partial charge in [-0.05, 0) is 0 Å². The zero-order chi connectivity index (χ0) is 25.6. The van der Waals surface area contributed by atoms with Gasteiger partial charge in [0.25, 0.3) is 0 Å². The molecule has 0 aromatic heterocycles. The van der Waals surface area contributed by atoms with Gasteiger partial charge in [-0.1, -0.05) is 0 Å². The monoisotopic (exact) mass is 504 g/mol. The second-order valence-electron chi connectivity index (χ2n) is 8.57. The number of aliphatic hydroxyl groups excluding tert-OH is 12. The van der Waals surface area contributed by atoms with Gasteiger partial charge in [-0.3, -0.25) is 0 Å². The summed E-state index contributed by atoms with van der Waals surface area (Å²) in [4.78, 5) is 0. The van der Waals surface area contributed by atoms with Crippen molar-refractivity contribution < 1.29 is 80.2 Å². The lowest BCUT2D eigenvalue weighted by Crippen LogP contribution is -2.79. The van der Waals surface area contributed by atoms with E-state index in [1.807, 2.05) is 0 Å². The summed E-state index contributed by atoms with van der Waals surface area (Å²) < 4.78 is 21.8. The fourth-order valence-corrected chi connectivity index (χ4v) is 4.59. The smallest absolute Gasteiger partial charge is 0.235 e. The number of ether oxygens (including phenoxy) is 4. The number of rotatable bonds is 7. The Kier molecular flexibility index (Phi) is 8.53. The van der Waals surface area contributed by atoms with Gasteiger partial charge in [0.05, 0.1) is 26.4 Å². The fraction of sp³-hybridized carbons (Fsp3) is 1.00. The molecule has 0 unspecified atom stereocenters. The Labute approximate surface area is 192 Å². The molecule has 3 fully saturated rings. The standard InChI is InChI=1S/C18H32O16/c19-1-5-8(23)11(26)13(28)16(31-5)34-18(15(30)12(27)9(24)6(2-20)33-18)17(4-22)14(29)10(25)7(3-21)32-17/h5-16,19-30H,1-4H2/t5-,6-,7-,8-,9-,10-,11+,12+,13-,14+,15-,16-,17+,18+/m1/s1. The minimum Gasteiger partial charge on any atom is -0.394 e. The molecule has 16 heteroatoms. The Morgan fingerprint density at radius 2 is 1.09 bits per heavy atom. The second-order valence-corrected chi connectivity index (χ2v) is 8.57. The third-order valence-corrected chi connectivity index (χ3v) is 6.64. The van der Waals surface area contributed by atoms with E-state index < -0.39 is 111 Å². The van der Waals surface area contributed by atoms with Gasteiger partial charge < -0.3 is 80.2 Å². The van der Waals surface area contributed by atoms with Gasteiger partial charge in [0.2, 0.25) is 5.79 Å². The Hall–Kier alpha value is -0.640. The summed E-state index contributed by atoms with van der Waals surface area (Å²) in [5.41, 5.74) is -2.74. The lowest BCUT2D eigenvalue weighted by atomic mass is 9.77. The topological polar surface area (TPSA) is 280 Å². The maximum absolute atomic E-state index is 11.0. The Morgan fingerprint density at radius 1 is 0.559 bits per heavy atom. The molecule has 3 aliphatic rings. The van der Waals surface area contributed by atoms with Crippen LogP contribution < -0.4 is 0 Å². The summed E-state index contributed by atoms with van der Waals surface area (Å²) in [6.07, 6.45) is -23.5. The van der Waals surface area contributed by atoms with Gasteiger partial charge in [-0.15, -0.1) is 0 Å². The molecule has 200 valence electrons. The summed E-state index contributed by atoms with van der Waals surface area (Å²) in [5, 5.41) is 122. The third-order valence-electron chi connectivity index (χ3n) is 6.64. The predicted octanol–water partition coefficient (Wildman–Crippen LogP) is -8.18. The van der Waals surface area contributed by atoms with Crippen LogP contribution in [0.1, 0.15) is 0 Å². The molecule has 34 heavy (non-hydrogen) atoms. The molecule has 0 aromatic carbocycles. The molecule has 12 N–H and O–H groups in total. The van der Waals surface area contributed by atoms with Crippen molar-refractivity contribution in [2.24, 2.45) is 0 Å². The van der Waals surface area contributed by atoms with Gasteiger partial charge in [0.1, 0.15) is 67.1 Å². The minimum atomic E-state index is -3.05. The van der Waals surface area contributed by atoms with Crippen molar-refractivity contribution in [1.29, 1.82) is 0 Å². The normalized spacial score (nSPS) is 54.4. The van der Waals surface area contributed by atoms with Crippen molar-refractivity contribution >= 4 is 0 Å². The predicted molar refractivity (Wildman–Crippen MR) is 101 cm³/mol. The van der Waals surface area contributed by atoms with Crippen molar-refractivity contribution in [2.75, 3.05) is 26.4 Å². The van der Waals surface area contributed by atoms with Crippen LogP contribution in [0.3, 0.4) is 0 Å². The summed E-state index contributed by atoms with van der Waals surface area (Å²) >= 11 is 0. The van der Waals surface area contributed by atoms with Crippen LogP contribution in [0.25, 0.3) is 0 Å². The van der Waals surface area contributed by atoms with Crippen molar-refractivity contribution in [3.8, 4) is 0 Å². The van der Waals surface area contributed by atoms with Crippen molar-refractivity contribution in [2.45, 2.75) is 84.8 Å². The van der Waals surface area contributed by atoms with Crippen LogP contribution in [-0.2, 0) is 18.9 Å². The zero-order valence-electron chi connectivity index (χ0n) is 17.8. The highest BCUT2D eigenvalue weighted by Crippen LogP contribution is 2.49. The number of hydrogen-bond acceptors (Lipinski definition) is 16. The van der Waals surface area contributed by atoms with E-state index in [9.17, 15) is 61.3 Å². The van der Waals surface area contributed by atoms with Crippen molar-refractivity contribution in [3.63, 3.8) is 0 Å². The Bertz CT molecular complexity index is 680. The summed E-state index contributed by atoms with van der Waals surface area (Å²) in [6.45, 7) is -4.11. The zero-order valence-corrected chi connectivity index (χ0v) is 17.8. The first kappa shape index (κ1) is 27.9. The van der Waals surface area contributed by atoms with Gasteiger partial charge in [-0.2, -0.15) is 0 Å². The summed E-state index contributed by atoms with van der Waals surface area (Å²) in [7, 11) is 0. The molecule has 0 aromatic rings. The van der Waals surface area contributed by atoms with Gasteiger partial charge >= 0.3 is 0 Å². The van der Waals surface area contributed by atoms with E-state index in [1.165, 1.54) is 0 Å². The first-order valence-corrected chi connectivity index (χ1v) is 10.5. The minimum absolute atomic E-state index is 0.878. The highest BCUT2D eigenvalue weighted by Gasteiger charge is 2.74. The van der Waals surface area contributed by atoms with E-state index >= 15 is 0 Å². The van der Waals surface area contributed by atoms with E-state index in [2.05, 4.69) is 0 Å². The third kappa shape index (κ3) is 4.06. The lowest BCUT2D eigenvalue weighted by Gasteiger charge is -2.57. The summed E-state index contributed by atoms with van der Waals surface area (Å²) in [5.74, 6) is -3.05. The quantitative estimate of drug-likeness (QED) is 0.153. The highest BCUT2D eigenvalue weighted by molar-refractivity contribution is 5.17. The van der Waals surface area contributed by atoms with Crippen molar-refractivity contribution in [1.82, 2.24) is 0 Å². The maximum Gasteiger partial charge on any atom is 0.235 e. The molecule has 3 aliphatic heterocycles. The molecule has 3 heterocycles. The molecule has 0 radical (unpaired) electrons. The first-order chi connectivity index (χ1) is 16.0. The van der Waals surface area contributed by atoms with Gasteiger partial charge in [0, 0.05) is 0 Å². The lowest BCUT2D eigenvalue weighted by molar-refractivity contribution is -0.467.